The first-order valence-corrected chi connectivity index (χ1v) is 8.78. The molecule has 10 heteroatoms. The van der Waals surface area contributed by atoms with Crippen molar-refractivity contribution in [2.75, 3.05) is 10.3 Å². The Morgan fingerprint density at radius 3 is 2.79 bits per heavy atom. The van der Waals surface area contributed by atoms with E-state index in [9.17, 15) is 9.90 Å². The predicted molar refractivity (Wildman–Crippen MR) is 104 cm³/mol. The highest BCUT2D eigenvalue weighted by molar-refractivity contribution is 5.92. The van der Waals surface area contributed by atoms with E-state index in [-0.39, 0.29) is 12.2 Å². The molecule has 146 valence electrons. The number of anilines is 3. The minimum absolute atomic E-state index is 0.0643. The van der Waals surface area contributed by atoms with Crippen molar-refractivity contribution >= 4 is 23.5 Å². The molecule has 10 nitrogen and oxygen atoms in total. The van der Waals surface area contributed by atoms with Crippen LogP contribution in [0.2, 0.25) is 0 Å². The summed E-state index contributed by atoms with van der Waals surface area (Å²) in [6, 6.07) is 6.98. The lowest BCUT2D eigenvalue weighted by molar-refractivity contribution is -0.120. The summed E-state index contributed by atoms with van der Waals surface area (Å²) in [7, 11) is 1.81. The van der Waals surface area contributed by atoms with Crippen LogP contribution in [0.25, 0.3) is 11.3 Å². The van der Waals surface area contributed by atoms with Gasteiger partial charge in [0.05, 0.1) is 24.4 Å². The van der Waals surface area contributed by atoms with E-state index in [1.165, 1.54) is 0 Å². The zero-order valence-corrected chi connectivity index (χ0v) is 15.6. The van der Waals surface area contributed by atoms with Gasteiger partial charge >= 0.3 is 0 Å². The molecule has 3 aromatic rings. The van der Waals surface area contributed by atoms with Crippen molar-refractivity contribution in [1.82, 2.24) is 24.7 Å². The number of rotatable bonds is 7. The molecule has 1 atom stereocenters. The van der Waals surface area contributed by atoms with Gasteiger partial charge in [-0.1, -0.05) is 6.92 Å². The van der Waals surface area contributed by atoms with E-state index in [4.69, 9.17) is 5.84 Å². The summed E-state index contributed by atoms with van der Waals surface area (Å²) < 4.78 is 1.67. The summed E-state index contributed by atoms with van der Waals surface area (Å²) in [5.41, 5.74) is 1.36. The van der Waals surface area contributed by atoms with Crippen molar-refractivity contribution in [3.63, 3.8) is 0 Å². The molecule has 0 aliphatic rings. The van der Waals surface area contributed by atoms with Crippen LogP contribution in [-0.4, -0.2) is 41.9 Å². The van der Waals surface area contributed by atoms with Gasteiger partial charge in [-0.3, -0.25) is 9.48 Å². The van der Waals surface area contributed by atoms with Gasteiger partial charge in [-0.2, -0.15) is 5.10 Å². The molecule has 28 heavy (non-hydrogen) atoms. The topological polar surface area (TPSA) is 135 Å². The number of aromatic nitrogens is 5. The summed E-state index contributed by atoms with van der Waals surface area (Å²) in [6.07, 6.45) is 4.52. The van der Waals surface area contributed by atoms with Gasteiger partial charge in [0.25, 0.3) is 0 Å². The maximum atomic E-state index is 12.2. The monoisotopic (exact) mass is 382 g/mol. The van der Waals surface area contributed by atoms with Crippen LogP contribution in [0.5, 0.6) is 0 Å². The number of hydrogen-bond donors (Lipinski definition) is 3. The number of nitrogens with zero attached hydrogens (tertiary/aromatic N) is 6. The van der Waals surface area contributed by atoms with Crippen molar-refractivity contribution in [3.8, 4) is 11.3 Å². The second-order valence-corrected chi connectivity index (χ2v) is 6.16. The number of hydrazine groups is 1. The van der Waals surface area contributed by atoms with E-state index in [2.05, 4.69) is 25.4 Å². The fraction of sp³-hybridized carbons (Fsp3) is 0.278. The number of aliphatic hydroxyl groups is 1. The molecule has 3 aromatic heterocycles. The number of aliphatic hydroxyl groups excluding tert-OH is 1. The Balaban J connectivity index is 1.81. The molecule has 0 saturated heterocycles. The Morgan fingerprint density at radius 1 is 1.29 bits per heavy atom. The molecule has 0 bridgehead atoms. The second kappa shape index (κ2) is 8.55. The smallest absolute Gasteiger partial charge is 0.245 e. The van der Waals surface area contributed by atoms with Crippen LogP contribution in [0.3, 0.4) is 0 Å². The van der Waals surface area contributed by atoms with Crippen LogP contribution in [0.1, 0.15) is 19.8 Å². The lowest BCUT2D eigenvalue weighted by Crippen LogP contribution is -2.39. The molecule has 0 aromatic carbocycles. The SMILES string of the molecule is CCC(O)CC(=O)N(N)c1cc(-c2ccnc(Nc3ccnn3C)n2)ccn1. The first-order valence-electron chi connectivity index (χ1n) is 8.78. The third-order valence-electron chi connectivity index (χ3n) is 4.15. The third kappa shape index (κ3) is 4.48. The highest BCUT2D eigenvalue weighted by Crippen LogP contribution is 2.22. The van der Waals surface area contributed by atoms with E-state index in [0.717, 1.165) is 16.4 Å². The average Bonchev–Trinajstić information content (AvgIpc) is 3.12. The molecule has 0 radical (unpaired) electrons. The molecule has 1 unspecified atom stereocenters. The van der Waals surface area contributed by atoms with E-state index >= 15 is 0 Å². The van der Waals surface area contributed by atoms with Gasteiger partial charge in [0.2, 0.25) is 11.9 Å². The van der Waals surface area contributed by atoms with E-state index in [1.54, 1.807) is 48.4 Å². The molecular weight excluding hydrogens is 360 g/mol. The Bertz CT molecular complexity index is 958. The highest BCUT2D eigenvalue weighted by atomic mass is 16.3. The molecule has 0 fully saturated rings. The number of carbonyl (C=O) groups is 1. The predicted octanol–water partition coefficient (Wildman–Crippen LogP) is 1.38. The number of pyridine rings is 1. The lowest BCUT2D eigenvalue weighted by atomic mass is 10.1. The van der Waals surface area contributed by atoms with Gasteiger partial charge in [0.15, 0.2) is 0 Å². The standard InChI is InChI=1S/C18H22N8O2/c1-3-13(27)11-17(28)26(19)16-10-12(4-7-20-16)14-5-8-21-18(23-14)24-15-6-9-22-25(15)2/h4-10,13,27H,3,11,19H2,1-2H3,(H,21,23,24). The van der Waals surface area contributed by atoms with Crippen molar-refractivity contribution in [2.45, 2.75) is 25.9 Å². The number of hydrogen-bond acceptors (Lipinski definition) is 8. The summed E-state index contributed by atoms with van der Waals surface area (Å²) in [6.45, 7) is 1.80. The van der Waals surface area contributed by atoms with Gasteiger partial charge < -0.3 is 10.4 Å². The zero-order valence-electron chi connectivity index (χ0n) is 15.6. The summed E-state index contributed by atoms with van der Waals surface area (Å²) in [5, 5.41) is 17.8. The fourth-order valence-corrected chi connectivity index (χ4v) is 2.47. The largest absolute Gasteiger partial charge is 0.393 e. The maximum absolute atomic E-state index is 12.2. The first-order chi connectivity index (χ1) is 13.5. The number of aryl methyl sites for hydroxylation is 1. The highest BCUT2D eigenvalue weighted by Gasteiger charge is 2.17. The normalized spacial score (nSPS) is 11.9. The van der Waals surface area contributed by atoms with Crippen LogP contribution in [0, 0.1) is 0 Å². The van der Waals surface area contributed by atoms with E-state index in [1.807, 2.05) is 13.1 Å². The first kappa shape index (κ1) is 19.4. The van der Waals surface area contributed by atoms with Gasteiger partial charge in [-0.05, 0) is 24.6 Å². The van der Waals surface area contributed by atoms with Crippen LogP contribution in [-0.2, 0) is 11.8 Å². The van der Waals surface area contributed by atoms with Crippen molar-refractivity contribution in [1.29, 1.82) is 0 Å². The number of nitrogens with one attached hydrogen (secondary N) is 1. The third-order valence-corrected chi connectivity index (χ3v) is 4.15. The lowest BCUT2D eigenvalue weighted by Gasteiger charge is -2.17. The second-order valence-electron chi connectivity index (χ2n) is 6.16. The Morgan fingerprint density at radius 2 is 2.07 bits per heavy atom. The Labute approximate surface area is 162 Å². The number of nitrogens with two attached hydrogens (primary N) is 1. The molecule has 3 heterocycles. The minimum atomic E-state index is -0.732. The molecule has 0 aliphatic heterocycles. The molecular formula is C18H22N8O2. The molecule has 0 spiro atoms. The van der Waals surface area contributed by atoms with Gasteiger partial charge in [0.1, 0.15) is 11.6 Å². The van der Waals surface area contributed by atoms with Crippen molar-refractivity contribution < 1.29 is 9.90 Å². The van der Waals surface area contributed by atoms with Crippen molar-refractivity contribution in [2.24, 2.45) is 12.9 Å². The van der Waals surface area contributed by atoms with Crippen LogP contribution >= 0.6 is 0 Å². The fourth-order valence-electron chi connectivity index (χ4n) is 2.47. The van der Waals surface area contributed by atoms with Crippen molar-refractivity contribution in [3.05, 3.63) is 42.9 Å². The van der Waals surface area contributed by atoms with Gasteiger partial charge in [-0.25, -0.2) is 25.8 Å². The summed E-state index contributed by atoms with van der Waals surface area (Å²) in [5.74, 6) is 6.89. The molecule has 4 N–H and O–H groups in total. The summed E-state index contributed by atoms with van der Waals surface area (Å²) in [4.78, 5) is 25.0. The maximum Gasteiger partial charge on any atom is 0.245 e. The average molecular weight is 382 g/mol. The zero-order chi connectivity index (χ0) is 20.1. The minimum Gasteiger partial charge on any atom is -0.393 e. The summed E-state index contributed by atoms with van der Waals surface area (Å²) >= 11 is 0. The number of amides is 1. The van der Waals surface area contributed by atoms with Gasteiger partial charge in [0, 0.05) is 31.1 Å². The quantitative estimate of drug-likeness (QED) is 0.317. The van der Waals surface area contributed by atoms with Crippen LogP contribution < -0.4 is 16.2 Å². The van der Waals surface area contributed by atoms with E-state index in [0.29, 0.717) is 18.1 Å². The van der Waals surface area contributed by atoms with E-state index < -0.39 is 12.0 Å². The Kier molecular flexibility index (Phi) is 5.92. The molecule has 0 saturated carbocycles. The Hall–Kier alpha value is -3.37. The van der Waals surface area contributed by atoms with Crippen LogP contribution in [0.15, 0.2) is 42.9 Å². The van der Waals surface area contributed by atoms with Gasteiger partial charge in [-0.15, -0.1) is 0 Å². The van der Waals surface area contributed by atoms with Crippen LogP contribution in [0.4, 0.5) is 17.6 Å². The number of carbonyl (C=O) groups excluding carboxylic acids is 1. The molecule has 3 rings (SSSR count). The molecule has 0 aliphatic carbocycles. The molecule has 1 amide bonds.